The molecule has 19 heavy (non-hydrogen) atoms. The van der Waals surface area contributed by atoms with Crippen molar-refractivity contribution in [2.75, 3.05) is 13.2 Å². The largest absolute Gasteiger partial charge is 0.493 e. The highest BCUT2D eigenvalue weighted by Gasteiger charge is 2.01. The number of hydrogen-bond donors (Lipinski definition) is 0. The maximum Gasteiger partial charge on any atom is 0.122 e. The van der Waals surface area contributed by atoms with E-state index in [4.69, 9.17) is 17.3 Å². The van der Waals surface area contributed by atoms with Crippen molar-refractivity contribution in [2.45, 2.75) is 52.4 Å². The van der Waals surface area contributed by atoms with Crippen molar-refractivity contribution < 1.29 is 9.47 Å². The zero-order valence-electron chi connectivity index (χ0n) is 12.3. The minimum Gasteiger partial charge on any atom is -0.493 e. The summed E-state index contributed by atoms with van der Waals surface area (Å²) in [4.78, 5) is 0. The molecule has 0 saturated carbocycles. The lowest BCUT2D eigenvalue weighted by Gasteiger charge is -2.11. The fourth-order valence-electron chi connectivity index (χ4n) is 1.84. The summed E-state index contributed by atoms with van der Waals surface area (Å²) in [7, 11) is 5.86. The zero-order valence-corrected chi connectivity index (χ0v) is 12.3. The summed E-state index contributed by atoms with van der Waals surface area (Å²) in [6, 6.07) is 5.63. The van der Waals surface area contributed by atoms with E-state index in [-0.39, 0.29) is 0 Å². The molecule has 0 aliphatic carbocycles. The lowest BCUT2D eigenvalue weighted by molar-refractivity contribution is 0.292. The van der Waals surface area contributed by atoms with Crippen LogP contribution in [0.2, 0.25) is 0 Å². The van der Waals surface area contributed by atoms with Crippen molar-refractivity contribution in [3.63, 3.8) is 0 Å². The number of hydrogen-bond acceptors (Lipinski definition) is 2. The van der Waals surface area contributed by atoms with Crippen LogP contribution in [0.4, 0.5) is 0 Å². The Bertz CT molecular complexity index is 322. The lowest BCUT2D eigenvalue weighted by Crippen LogP contribution is -2.07. The maximum absolute atomic E-state index is 5.86. The standard InChI is InChI=1S/C16H25BO2/c1-3-5-7-9-18-15-11-14(17)12-16(13-15)19-10-8-6-4-2/h11-13H,3-10H2,1-2H3. The van der Waals surface area contributed by atoms with Crippen molar-refractivity contribution in [1.29, 1.82) is 0 Å². The van der Waals surface area contributed by atoms with Gasteiger partial charge in [-0.1, -0.05) is 45.0 Å². The summed E-state index contributed by atoms with van der Waals surface area (Å²) < 4.78 is 11.4. The first kappa shape index (κ1) is 15.9. The summed E-state index contributed by atoms with van der Waals surface area (Å²) in [5.74, 6) is 1.61. The number of ether oxygens (including phenoxy) is 2. The summed E-state index contributed by atoms with van der Waals surface area (Å²) in [6.45, 7) is 5.85. The van der Waals surface area contributed by atoms with Gasteiger partial charge < -0.3 is 9.47 Å². The van der Waals surface area contributed by atoms with Crippen LogP contribution < -0.4 is 14.9 Å². The molecule has 0 fully saturated rings. The molecule has 0 aliphatic rings. The SMILES string of the molecule is [B]c1cc(OCCCCC)cc(OCCCCC)c1. The van der Waals surface area contributed by atoms with E-state index in [0.717, 1.165) is 37.6 Å². The topological polar surface area (TPSA) is 18.5 Å². The van der Waals surface area contributed by atoms with E-state index in [2.05, 4.69) is 13.8 Å². The first-order valence-corrected chi connectivity index (χ1v) is 7.42. The van der Waals surface area contributed by atoms with Gasteiger partial charge in [-0.05, 0) is 25.0 Å². The van der Waals surface area contributed by atoms with Crippen LogP contribution in [0.5, 0.6) is 11.5 Å². The number of benzene rings is 1. The Morgan fingerprint density at radius 2 is 1.26 bits per heavy atom. The Morgan fingerprint density at radius 3 is 1.68 bits per heavy atom. The molecule has 0 amide bonds. The highest BCUT2D eigenvalue weighted by Crippen LogP contribution is 2.18. The van der Waals surface area contributed by atoms with E-state index in [0.29, 0.717) is 5.46 Å². The highest BCUT2D eigenvalue weighted by molar-refractivity contribution is 6.32. The summed E-state index contributed by atoms with van der Waals surface area (Å²) >= 11 is 0. The van der Waals surface area contributed by atoms with Crippen LogP contribution in [0.3, 0.4) is 0 Å². The molecule has 0 unspecified atom stereocenters. The normalized spacial score (nSPS) is 10.4. The number of rotatable bonds is 10. The van der Waals surface area contributed by atoms with Gasteiger partial charge in [0.15, 0.2) is 0 Å². The molecule has 0 atom stereocenters. The summed E-state index contributed by atoms with van der Waals surface area (Å²) in [5.41, 5.74) is 0.693. The van der Waals surface area contributed by atoms with Gasteiger partial charge in [0, 0.05) is 6.07 Å². The zero-order chi connectivity index (χ0) is 13.9. The summed E-state index contributed by atoms with van der Waals surface area (Å²) in [5, 5.41) is 0. The molecule has 0 saturated heterocycles. The van der Waals surface area contributed by atoms with Crippen LogP contribution in [0.25, 0.3) is 0 Å². The number of unbranched alkanes of at least 4 members (excludes halogenated alkanes) is 4. The van der Waals surface area contributed by atoms with Crippen LogP contribution >= 0.6 is 0 Å². The van der Waals surface area contributed by atoms with Crippen LogP contribution in [0, 0.1) is 0 Å². The second-order valence-corrected chi connectivity index (χ2v) is 4.85. The van der Waals surface area contributed by atoms with Crippen molar-refractivity contribution in [3.05, 3.63) is 18.2 Å². The molecule has 3 heteroatoms. The second kappa shape index (κ2) is 9.77. The third-order valence-electron chi connectivity index (χ3n) is 2.94. The molecule has 0 aliphatic heterocycles. The van der Waals surface area contributed by atoms with Crippen LogP contribution in [0.1, 0.15) is 52.4 Å². The lowest BCUT2D eigenvalue weighted by atomic mass is 9.96. The molecule has 2 nitrogen and oxygen atoms in total. The smallest absolute Gasteiger partial charge is 0.122 e. The van der Waals surface area contributed by atoms with Crippen molar-refractivity contribution in [1.82, 2.24) is 0 Å². The van der Waals surface area contributed by atoms with Gasteiger partial charge in [-0.2, -0.15) is 0 Å². The summed E-state index contributed by atoms with van der Waals surface area (Å²) in [6.07, 6.45) is 6.96. The fourth-order valence-corrected chi connectivity index (χ4v) is 1.84. The Labute approximate surface area is 118 Å². The van der Waals surface area contributed by atoms with Crippen molar-refractivity contribution in [3.8, 4) is 11.5 Å². The van der Waals surface area contributed by atoms with Gasteiger partial charge in [-0.3, -0.25) is 0 Å². The Balaban J connectivity index is 2.41. The minimum atomic E-state index is 0.693. The molecule has 1 aromatic rings. The molecule has 1 aromatic carbocycles. The third kappa shape index (κ3) is 7.14. The second-order valence-electron chi connectivity index (χ2n) is 4.85. The van der Waals surface area contributed by atoms with E-state index >= 15 is 0 Å². The first-order valence-electron chi connectivity index (χ1n) is 7.42. The average Bonchev–Trinajstić information content (AvgIpc) is 2.39. The van der Waals surface area contributed by atoms with E-state index in [1.807, 2.05) is 18.2 Å². The Hall–Kier alpha value is -1.12. The van der Waals surface area contributed by atoms with Gasteiger partial charge in [-0.15, -0.1) is 0 Å². The van der Waals surface area contributed by atoms with Crippen LogP contribution in [-0.4, -0.2) is 21.1 Å². The van der Waals surface area contributed by atoms with Crippen LogP contribution in [-0.2, 0) is 0 Å². The molecule has 2 radical (unpaired) electrons. The van der Waals surface area contributed by atoms with Gasteiger partial charge in [0.2, 0.25) is 0 Å². The Kier molecular flexibility index (Phi) is 8.20. The molecule has 0 bridgehead atoms. The molecular formula is C16H25BO2. The van der Waals surface area contributed by atoms with E-state index in [1.165, 1.54) is 25.7 Å². The predicted octanol–water partition coefficient (Wildman–Crippen LogP) is 3.62. The van der Waals surface area contributed by atoms with E-state index in [1.54, 1.807) is 0 Å². The highest BCUT2D eigenvalue weighted by atomic mass is 16.5. The van der Waals surface area contributed by atoms with E-state index < -0.39 is 0 Å². The average molecular weight is 260 g/mol. The quantitative estimate of drug-likeness (QED) is 0.472. The van der Waals surface area contributed by atoms with Gasteiger partial charge >= 0.3 is 0 Å². The van der Waals surface area contributed by atoms with Gasteiger partial charge in [0.1, 0.15) is 19.3 Å². The molecular weight excluding hydrogens is 235 g/mol. The molecule has 1 rings (SSSR count). The maximum atomic E-state index is 5.86. The van der Waals surface area contributed by atoms with Crippen molar-refractivity contribution >= 4 is 13.3 Å². The molecule has 0 N–H and O–H groups in total. The minimum absolute atomic E-state index is 0.693. The predicted molar refractivity (Wildman–Crippen MR) is 81.9 cm³/mol. The Morgan fingerprint density at radius 1 is 0.789 bits per heavy atom. The molecule has 0 aromatic heterocycles. The van der Waals surface area contributed by atoms with Crippen LogP contribution in [0.15, 0.2) is 18.2 Å². The molecule has 0 spiro atoms. The van der Waals surface area contributed by atoms with E-state index in [9.17, 15) is 0 Å². The monoisotopic (exact) mass is 260 g/mol. The van der Waals surface area contributed by atoms with Gasteiger partial charge in [0.25, 0.3) is 0 Å². The van der Waals surface area contributed by atoms with Gasteiger partial charge in [-0.25, -0.2) is 0 Å². The molecule has 104 valence electrons. The molecule has 0 heterocycles. The first-order chi connectivity index (χ1) is 9.26. The third-order valence-corrected chi connectivity index (χ3v) is 2.94. The van der Waals surface area contributed by atoms with Crippen molar-refractivity contribution in [2.24, 2.45) is 0 Å². The van der Waals surface area contributed by atoms with Gasteiger partial charge in [0.05, 0.1) is 13.2 Å². The fraction of sp³-hybridized carbons (Fsp3) is 0.625.